The van der Waals surface area contributed by atoms with E-state index in [2.05, 4.69) is 15.1 Å². The van der Waals surface area contributed by atoms with Crippen molar-refractivity contribution in [2.45, 2.75) is 25.2 Å². The van der Waals surface area contributed by atoms with E-state index in [0.29, 0.717) is 35.4 Å². The molecular formula is C22H13F6N5O2. The van der Waals surface area contributed by atoms with Gasteiger partial charge in [0.1, 0.15) is 5.69 Å². The number of aromatic amines is 1. The number of carbonyl (C=O) groups excluding carboxylic acids is 1. The van der Waals surface area contributed by atoms with Crippen LogP contribution in [0, 0.1) is 0 Å². The molecule has 13 heteroatoms. The van der Waals surface area contributed by atoms with Crippen molar-refractivity contribution in [1.82, 2.24) is 19.7 Å². The van der Waals surface area contributed by atoms with Gasteiger partial charge < -0.3 is 10.3 Å². The van der Waals surface area contributed by atoms with Gasteiger partial charge in [-0.2, -0.15) is 31.4 Å². The van der Waals surface area contributed by atoms with E-state index in [-0.39, 0.29) is 16.5 Å². The average molecular weight is 493 g/mol. The fraction of sp³-hybridized carbons (Fsp3) is 0.182. The van der Waals surface area contributed by atoms with E-state index in [1.165, 1.54) is 18.3 Å². The molecule has 1 aliphatic rings. The van der Waals surface area contributed by atoms with Gasteiger partial charge in [-0.3, -0.25) is 14.6 Å². The van der Waals surface area contributed by atoms with Crippen molar-refractivity contribution < 1.29 is 31.1 Å². The largest absolute Gasteiger partial charge is 0.434 e. The smallest absolute Gasteiger partial charge is 0.329 e. The molecule has 0 unspecified atom stereocenters. The van der Waals surface area contributed by atoms with Crippen molar-refractivity contribution in [3.63, 3.8) is 0 Å². The quantitative estimate of drug-likeness (QED) is 0.411. The highest BCUT2D eigenvalue weighted by Crippen LogP contribution is 2.38. The number of amides is 1. The van der Waals surface area contributed by atoms with E-state index in [0.717, 1.165) is 17.8 Å². The summed E-state index contributed by atoms with van der Waals surface area (Å²) in [6, 6.07) is 4.46. The van der Waals surface area contributed by atoms with Gasteiger partial charge in [-0.1, -0.05) is 0 Å². The summed E-state index contributed by atoms with van der Waals surface area (Å²) in [5.41, 5.74) is -3.12. The molecule has 1 aliphatic carbocycles. The molecule has 5 rings (SSSR count). The molecular weight excluding hydrogens is 480 g/mol. The first kappa shape index (κ1) is 22.6. The van der Waals surface area contributed by atoms with Gasteiger partial charge in [-0.05, 0) is 48.2 Å². The second kappa shape index (κ2) is 7.68. The Labute approximate surface area is 191 Å². The molecule has 4 aromatic rings. The molecule has 3 heterocycles. The fourth-order valence-corrected chi connectivity index (χ4v) is 4.08. The minimum atomic E-state index is -5.06. The molecule has 35 heavy (non-hydrogen) atoms. The number of pyridine rings is 2. The highest BCUT2D eigenvalue weighted by atomic mass is 19.4. The number of nitrogens with zero attached hydrogens (tertiary/aromatic N) is 3. The molecule has 1 amide bonds. The van der Waals surface area contributed by atoms with Crippen LogP contribution in [0.2, 0.25) is 0 Å². The van der Waals surface area contributed by atoms with E-state index in [9.17, 15) is 35.9 Å². The van der Waals surface area contributed by atoms with Gasteiger partial charge in [0, 0.05) is 23.5 Å². The number of rotatable bonds is 3. The first-order chi connectivity index (χ1) is 16.4. The number of anilines is 1. The van der Waals surface area contributed by atoms with Crippen LogP contribution in [0.25, 0.3) is 16.5 Å². The summed E-state index contributed by atoms with van der Waals surface area (Å²) in [7, 11) is 0. The number of benzene rings is 1. The third kappa shape index (κ3) is 3.82. The van der Waals surface area contributed by atoms with Crippen molar-refractivity contribution in [2.75, 3.05) is 5.32 Å². The summed E-state index contributed by atoms with van der Waals surface area (Å²) in [5.74, 6) is -1.31. The number of fused-ring (bicyclic) bond motifs is 3. The Morgan fingerprint density at radius 3 is 2.49 bits per heavy atom. The third-order valence-corrected chi connectivity index (χ3v) is 5.70. The minimum Gasteiger partial charge on any atom is -0.329 e. The Balaban J connectivity index is 1.63. The summed E-state index contributed by atoms with van der Waals surface area (Å²) in [6.07, 6.45) is -5.95. The molecule has 0 spiro atoms. The zero-order valence-corrected chi connectivity index (χ0v) is 17.4. The number of aromatic nitrogens is 4. The average Bonchev–Trinajstić information content (AvgIpc) is 3.20. The summed E-state index contributed by atoms with van der Waals surface area (Å²) in [6.45, 7) is 0. The SMILES string of the molecule is O=C(Nc1ccnc(C(F)(F)F)c1)c1cnn(-c2cc3c(c4c(=O)[nH]ccc24)CC3)c1C(F)(F)F. The van der Waals surface area contributed by atoms with E-state index in [1.54, 1.807) is 0 Å². The van der Waals surface area contributed by atoms with Crippen molar-refractivity contribution in [3.05, 3.63) is 81.3 Å². The van der Waals surface area contributed by atoms with Crippen LogP contribution in [-0.2, 0) is 25.2 Å². The van der Waals surface area contributed by atoms with Crippen molar-refractivity contribution in [2.24, 2.45) is 0 Å². The molecule has 180 valence electrons. The minimum absolute atomic E-state index is 0.0424. The predicted molar refractivity (Wildman–Crippen MR) is 111 cm³/mol. The lowest BCUT2D eigenvalue weighted by atomic mass is 9.84. The van der Waals surface area contributed by atoms with Crippen molar-refractivity contribution in [3.8, 4) is 5.69 Å². The van der Waals surface area contributed by atoms with Crippen LogP contribution in [0.5, 0.6) is 0 Å². The van der Waals surface area contributed by atoms with Gasteiger partial charge in [0.15, 0.2) is 5.69 Å². The number of carbonyl (C=O) groups is 1. The lowest BCUT2D eigenvalue weighted by Crippen LogP contribution is -2.22. The van der Waals surface area contributed by atoms with Gasteiger partial charge in [0.2, 0.25) is 0 Å². The zero-order valence-electron chi connectivity index (χ0n) is 17.4. The second-order valence-corrected chi connectivity index (χ2v) is 7.83. The summed E-state index contributed by atoms with van der Waals surface area (Å²) in [5, 5.41) is 6.28. The number of halogens is 6. The Bertz CT molecular complexity index is 1550. The first-order valence-corrected chi connectivity index (χ1v) is 10.1. The normalized spacial score (nSPS) is 13.4. The zero-order chi connectivity index (χ0) is 25.1. The molecule has 0 aliphatic heterocycles. The number of hydrogen-bond acceptors (Lipinski definition) is 4. The molecule has 0 radical (unpaired) electrons. The van der Waals surface area contributed by atoms with Gasteiger partial charge in [-0.15, -0.1) is 0 Å². The number of hydrogen-bond donors (Lipinski definition) is 2. The van der Waals surface area contributed by atoms with Crippen LogP contribution in [-0.4, -0.2) is 25.7 Å². The Morgan fingerprint density at radius 1 is 1.06 bits per heavy atom. The highest BCUT2D eigenvalue weighted by Gasteiger charge is 2.41. The maximum atomic E-state index is 14.2. The Kier molecular flexibility index (Phi) is 4.97. The number of alkyl halides is 6. The van der Waals surface area contributed by atoms with Gasteiger partial charge >= 0.3 is 12.4 Å². The fourth-order valence-electron chi connectivity index (χ4n) is 4.08. The first-order valence-electron chi connectivity index (χ1n) is 10.1. The van der Waals surface area contributed by atoms with E-state index < -0.39 is 46.5 Å². The van der Waals surface area contributed by atoms with Crippen molar-refractivity contribution in [1.29, 1.82) is 0 Å². The summed E-state index contributed by atoms with van der Waals surface area (Å²) in [4.78, 5) is 30.8. The highest BCUT2D eigenvalue weighted by molar-refractivity contribution is 6.05. The van der Waals surface area contributed by atoms with Gasteiger partial charge in [0.25, 0.3) is 11.5 Å². The standard InChI is InChI=1S/C22H13F6N5O2/c23-21(24,25)16-8-11(3-5-29-16)32-19(34)14-9-31-33(18(14)22(26,27)28)15-7-10-1-2-12(10)17-13(15)4-6-30-20(17)35/h3-9H,1-2H2,(H,30,35)(H,29,32,34). The lowest BCUT2D eigenvalue weighted by molar-refractivity contribution is -0.143. The Hall–Kier alpha value is -4.16. The molecule has 0 saturated heterocycles. The molecule has 0 bridgehead atoms. The van der Waals surface area contributed by atoms with Crippen LogP contribution >= 0.6 is 0 Å². The van der Waals surface area contributed by atoms with Gasteiger partial charge in [0.05, 0.1) is 22.8 Å². The lowest BCUT2D eigenvalue weighted by Gasteiger charge is -2.23. The topological polar surface area (TPSA) is 92.7 Å². The second-order valence-electron chi connectivity index (χ2n) is 7.83. The maximum Gasteiger partial charge on any atom is 0.434 e. The van der Waals surface area contributed by atoms with E-state index >= 15 is 0 Å². The van der Waals surface area contributed by atoms with E-state index in [4.69, 9.17) is 0 Å². The van der Waals surface area contributed by atoms with Crippen LogP contribution < -0.4 is 10.9 Å². The molecule has 7 nitrogen and oxygen atoms in total. The van der Waals surface area contributed by atoms with Crippen LogP contribution in [0.4, 0.5) is 32.0 Å². The third-order valence-electron chi connectivity index (χ3n) is 5.70. The molecule has 2 N–H and O–H groups in total. The molecule has 1 aromatic carbocycles. The summed E-state index contributed by atoms with van der Waals surface area (Å²) < 4.78 is 81.7. The van der Waals surface area contributed by atoms with Crippen LogP contribution in [0.3, 0.4) is 0 Å². The number of aryl methyl sites for hydroxylation is 2. The number of nitrogens with one attached hydrogen (secondary N) is 2. The van der Waals surface area contributed by atoms with E-state index in [1.807, 2.05) is 5.32 Å². The molecule has 0 saturated carbocycles. The summed E-state index contributed by atoms with van der Waals surface area (Å²) >= 11 is 0. The maximum absolute atomic E-state index is 14.2. The van der Waals surface area contributed by atoms with Crippen molar-refractivity contribution >= 4 is 22.4 Å². The predicted octanol–water partition coefficient (Wildman–Crippen LogP) is 4.50. The monoisotopic (exact) mass is 493 g/mol. The molecule has 0 fully saturated rings. The number of H-pyrrole nitrogens is 1. The van der Waals surface area contributed by atoms with Gasteiger partial charge in [-0.25, -0.2) is 4.68 Å². The molecule has 3 aromatic heterocycles. The van der Waals surface area contributed by atoms with Crippen LogP contribution in [0.1, 0.15) is 32.9 Å². The Morgan fingerprint density at radius 2 is 1.83 bits per heavy atom. The van der Waals surface area contributed by atoms with Crippen LogP contribution in [0.15, 0.2) is 47.7 Å². The molecule has 0 atom stereocenters.